The van der Waals surface area contributed by atoms with Crippen LogP contribution in [0.4, 0.5) is 0 Å². The predicted octanol–water partition coefficient (Wildman–Crippen LogP) is -0.293. The van der Waals surface area contributed by atoms with Crippen molar-refractivity contribution in [2.75, 3.05) is 19.6 Å². The van der Waals surface area contributed by atoms with Gasteiger partial charge in [-0.15, -0.1) is 0 Å². The maximum Gasteiger partial charge on any atom is 0.324 e. The molecule has 0 fully saturated rings. The van der Waals surface area contributed by atoms with Crippen LogP contribution >= 0.6 is 0 Å². The van der Waals surface area contributed by atoms with Gasteiger partial charge in [-0.3, -0.25) is 24.2 Å². The highest BCUT2D eigenvalue weighted by Crippen LogP contribution is 2.23. The molecule has 1 aliphatic rings. The SMILES string of the molecule is O=C(O)C/C1=C/N(CC(=O)O)NNN(CC(=O)O)CCCC(CC(=O)O)CC1. The van der Waals surface area contributed by atoms with E-state index in [1.54, 1.807) is 0 Å². The summed E-state index contributed by atoms with van der Waals surface area (Å²) in [7, 11) is 0. The summed E-state index contributed by atoms with van der Waals surface area (Å²) in [4.78, 5) is 44.3. The summed E-state index contributed by atoms with van der Waals surface area (Å²) in [6.45, 7) is -0.583. The molecule has 0 aliphatic carbocycles. The third-order valence-corrected chi connectivity index (χ3v) is 4.08. The number of nitrogens with zero attached hydrogens (tertiary/aromatic N) is 2. The summed E-state index contributed by atoms with van der Waals surface area (Å²) < 4.78 is 0. The Labute approximate surface area is 161 Å². The van der Waals surface area contributed by atoms with E-state index < -0.39 is 30.4 Å². The molecule has 12 nitrogen and oxygen atoms in total. The summed E-state index contributed by atoms with van der Waals surface area (Å²) in [6, 6.07) is 0. The van der Waals surface area contributed by atoms with Crippen LogP contribution in [0.5, 0.6) is 0 Å². The second-order valence-corrected chi connectivity index (χ2v) is 6.56. The highest BCUT2D eigenvalue weighted by Gasteiger charge is 2.19. The summed E-state index contributed by atoms with van der Waals surface area (Å²) in [5, 5.41) is 38.7. The molecule has 28 heavy (non-hydrogen) atoms. The van der Waals surface area contributed by atoms with Crippen molar-refractivity contribution in [1.29, 1.82) is 0 Å². The number of rotatable bonds is 8. The molecule has 1 rings (SSSR count). The van der Waals surface area contributed by atoms with Gasteiger partial charge < -0.3 is 20.4 Å². The zero-order chi connectivity index (χ0) is 21.1. The maximum atomic E-state index is 11.1. The van der Waals surface area contributed by atoms with Crippen molar-refractivity contribution in [3.8, 4) is 0 Å². The van der Waals surface area contributed by atoms with Gasteiger partial charge in [0.2, 0.25) is 0 Å². The van der Waals surface area contributed by atoms with Gasteiger partial charge in [0.1, 0.15) is 13.1 Å². The van der Waals surface area contributed by atoms with Crippen LogP contribution in [0.2, 0.25) is 0 Å². The molecule has 1 unspecified atom stereocenters. The van der Waals surface area contributed by atoms with E-state index in [0.29, 0.717) is 37.8 Å². The lowest BCUT2D eigenvalue weighted by molar-refractivity contribution is -0.142. The molecule has 1 atom stereocenters. The zero-order valence-electron chi connectivity index (χ0n) is 15.3. The first-order chi connectivity index (χ1) is 13.2. The van der Waals surface area contributed by atoms with Gasteiger partial charge in [0, 0.05) is 19.2 Å². The quantitative estimate of drug-likeness (QED) is 0.313. The molecule has 158 valence electrons. The first-order valence-electron chi connectivity index (χ1n) is 8.75. The van der Waals surface area contributed by atoms with Crippen molar-refractivity contribution in [2.45, 2.75) is 38.5 Å². The predicted molar refractivity (Wildman–Crippen MR) is 94.4 cm³/mol. The summed E-state index contributed by atoms with van der Waals surface area (Å²) in [5.41, 5.74) is 5.60. The molecule has 0 saturated carbocycles. The second-order valence-electron chi connectivity index (χ2n) is 6.56. The molecular weight excluding hydrogens is 376 g/mol. The van der Waals surface area contributed by atoms with Crippen molar-refractivity contribution in [1.82, 2.24) is 21.1 Å². The van der Waals surface area contributed by atoms with E-state index >= 15 is 0 Å². The highest BCUT2D eigenvalue weighted by atomic mass is 16.4. The molecule has 0 amide bonds. The fraction of sp³-hybridized carbons (Fsp3) is 0.625. The van der Waals surface area contributed by atoms with Gasteiger partial charge in [-0.1, -0.05) is 0 Å². The average Bonchev–Trinajstić information content (AvgIpc) is 2.53. The van der Waals surface area contributed by atoms with E-state index in [2.05, 4.69) is 11.1 Å². The van der Waals surface area contributed by atoms with Gasteiger partial charge >= 0.3 is 23.9 Å². The topological polar surface area (TPSA) is 180 Å². The molecule has 0 aromatic rings. The second kappa shape index (κ2) is 11.9. The largest absolute Gasteiger partial charge is 0.481 e. The third kappa shape index (κ3) is 10.4. The molecule has 1 aliphatic heterocycles. The molecule has 0 radical (unpaired) electrons. The van der Waals surface area contributed by atoms with E-state index in [4.69, 9.17) is 20.4 Å². The lowest BCUT2D eigenvalue weighted by Gasteiger charge is -2.29. The number of hydrogen-bond donors (Lipinski definition) is 6. The fourth-order valence-corrected chi connectivity index (χ4v) is 2.90. The Balaban J connectivity index is 3.06. The van der Waals surface area contributed by atoms with Crippen LogP contribution in [0.15, 0.2) is 11.8 Å². The van der Waals surface area contributed by atoms with Crippen LogP contribution < -0.4 is 11.1 Å². The number of aliphatic carboxylic acids is 4. The minimum absolute atomic E-state index is 0.0796. The van der Waals surface area contributed by atoms with E-state index in [1.807, 2.05) is 0 Å². The average molecular weight is 402 g/mol. The number of carbonyl (C=O) groups is 4. The Morgan fingerprint density at radius 2 is 1.61 bits per heavy atom. The Morgan fingerprint density at radius 3 is 2.18 bits per heavy atom. The summed E-state index contributed by atoms with van der Waals surface area (Å²) in [6.07, 6.45) is 2.72. The third-order valence-electron chi connectivity index (χ3n) is 4.08. The summed E-state index contributed by atoms with van der Waals surface area (Å²) in [5.74, 6) is -4.54. The standard InChI is InChI=1S/C16H26N4O8/c21-13(22)6-11-2-1-5-19(9-15(25)26)17-18-20(10-16(27)28)8-12(4-3-11)7-14(23)24/h8,11,17-18H,1-7,9-10H2,(H,21,22)(H,23,24)(H,25,26)(H,27,28)/b12-8+. The van der Waals surface area contributed by atoms with Crippen LogP contribution in [0, 0.1) is 5.92 Å². The van der Waals surface area contributed by atoms with Crippen molar-refractivity contribution in [3.63, 3.8) is 0 Å². The number of nitrogens with one attached hydrogen (secondary N) is 2. The molecule has 12 heteroatoms. The van der Waals surface area contributed by atoms with Crippen LogP contribution in [0.3, 0.4) is 0 Å². The van der Waals surface area contributed by atoms with Crippen LogP contribution in [-0.4, -0.2) is 74.0 Å². The number of carboxylic acid groups (broad SMARTS) is 4. The van der Waals surface area contributed by atoms with Gasteiger partial charge in [-0.05, 0) is 37.2 Å². The molecule has 0 saturated heterocycles. The molecule has 6 N–H and O–H groups in total. The number of carboxylic acids is 4. The van der Waals surface area contributed by atoms with Gasteiger partial charge in [0.15, 0.2) is 0 Å². The van der Waals surface area contributed by atoms with Crippen LogP contribution in [0.1, 0.15) is 38.5 Å². The van der Waals surface area contributed by atoms with Crippen molar-refractivity contribution >= 4 is 23.9 Å². The Bertz CT molecular complexity index is 609. The Kier molecular flexibility index (Phi) is 9.92. The molecular formula is C16H26N4O8. The highest BCUT2D eigenvalue weighted by molar-refractivity contribution is 5.71. The molecule has 0 aromatic carbocycles. The molecule has 1 heterocycles. The minimum atomic E-state index is -1.18. The van der Waals surface area contributed by atoms with Crippen LogP contribution in [0.25, 0.3) is 0 Å². The lowest BCUT2D eigenvalue weighted by atomic mass is 9.91. The van der Waals surface area contributed by atoms with E-state index in [0.717, 1.165) is 5.01 Å². The van der Waals surface area contributed by atoms with Gasteiger partial charge in [-0.2, -0.15) is 11.1 Å². The molecule has 0 bridgehead atoms. The normalized spacial score (nSPS) is 21.6. The first-order valence-corrected chi connectivity index (χ1v) is 8.75. The first kappa shape index (κ1) is 23.3. The van der Waals surface area contributed by atoms with Crippen molar-refractivity contribution < 1.29 is 39.6 Å². The monoisotopic (exact) mass is 402 g/mol. The zero-order valence-corrected chi connectivity index (χ0v) is 15.3. The molecule has 0 spiro atoms. The van der Waals surface area contributed by atoms with Gasteiger partial charge in [0.05, 0.1) is 6.42 Å². The van der Waals surface area contributed by atoms with E-state index in [-0.39, 0.29) is 25.3 Å². The Hall–Kier alpha value is -2.70. The minimum Gasteiger partial charge on any atom is -0.481 e. The maximum absolute atomic E-state index is 11.1. The fourth-order valence-electron chi connectivity index (χ4n) is 2.90. The number of hydrogen-bond acceptors (Lipinski definition) is 8. The van der Waals surface area contributed by atoms with Crippen LogP contribution in [-0.2, 0) is 19.2 Å². The van der Waals surface area contributed by atoms with E-state index in [9.17, 15) is 19.2 Å². The lowest BCUT2D eigenvalue weighted by Crippen LogP contribution is -2.55. The van der Waals surface area contributed by atoms with Crippen molar-refractivity contribution in [2.24, 2.45) is 5.92 Å². The van der Waals surface area contributed by atoms with Gasteiger partial charge in [0.25, 0.3) is 0 Å². The van der Waals surface area contributed by atoms with Gasteiger partial charge in [-0.25, -0.2) is 5.01 Å². The summed E-state index contributed by atoms with van der Waals surface area (Å²) >= 11 is 0. The van der Waals surface area contributed by atoms with E-state index in [1.165, 1.54) is 11.2 Å². The Morgan fingerprint density at radius 1 is 0.929 bits per heavy atom. The smallest absolute Gasteiger partial charge is 0.324 e. The number of hydrazine groups is 3. The molecule has 0 aromatic heterocycles. The van der Waals surface area contributed by atoms with Crippen molar-refractivity contribution in [3.05, 3.63) is 11.8 Å².